The number of nitrogens with zero attached hydrogens (tertiary/aromatic N) is 3. The molecule has 0 radical (unpaired) electrons. The second kappa shape index (κ2) is 6.13. The zero-order valence-electron chi connectivity index (χ0n) is 10.9. The number of aliphatic carboxylic acids is 1. The molecule has 0 saturated carbocycles. The molecule has 19 heavy (non-hydrogen) atoms. The summed E-state index contributed by atoms with van der Waals surface area (Å²) >= 11 is 0. The summed E-state index contributed by atoms with van der Waals surface area (Å²) in [6, 6.07) is 8.13. The molecule has 0 saturated heterocycles. The predicted octanol–water partition coefficient (Wildman–Crippen LogP) is 2.51. The van der Waals surface area contributed by atoms with Gasteiger partial charge in [-0.25, -0.2) is 0 Å². The van der Waals surface area contributed by atoms with Crippen LogP contribution >= 0.6 is 0 Å². The van der Waals surface area contributed by atoms with Crippen LogP contribution in [0, 0.1) is 6.92 Å². The van der Waals surface area contributed by atoms with Crippen molar-refractivity contribution >= 4 is 5.97 Å². The van der Waals surface area contributed by atoms with E-state index in [1.165, 1.54) is 5.56 Å². The highest BCUT2D eigenvalue weighted by molar-refractivity contribution is 5.66. The van der Waals surface area contributed by atoms with E-state index in [4.69, 9.17) is 5.11 Å². The van der Waals surface area contributed by atoms with Crippen molar-refractivity contribution < 1.29 is 9.90 Å². The van der Waals surface area contributed by atoms with Crippen molar-refractivity contribution in [2.75, 3.05) is 0 Å². The molecule has 1 N–H and O–H groups in total. The van der Waals surface area contributed by atoms with Crippen LogP contribution in [0.5, 0.6) is 0 Å². The third kappa shape index (κ3) is 3.91. The molecule has 0 fully saturated rings. The van der Waals surface area contributed by atoms with Gasteiger partial charge in [-0.15, -0.1) is 5.10 Å². The third-order valence-corrected chi connectivity index (χ3v) is 2.91. The monoisotopic (exact) mass is 259 g/mol. The number of benzene rings is 1. The first-order chi connectivity index (χ1) is 9.15. The molecule has 0 aliphatic heterocycles. The molecule has 1 aromatic carbocycles. The second-order valence-corrected chi connectivity index (χ2v) is 4.58. The molecule has 0 spiro atoms. The molecule has 0 atom stereocenters. The van der Waals surface area contributed by atoms with E-state index in [0.29, 0.717) is 13.0 Å². The van der Waals surface area contributed by atoms with Gasteiger partial charge in [-0.1, -0.05) is 35.0 Å². The molecular weight excluding hydrogens is 242 g/mol. The SMILES string of the molecule is Cc1ccc(-c2cn(CCCCC(=O)O)nn2)cc1. The first-order valence-corrected chi connectivity index (χ1v) is 6.34. The summed E-state index contributed by atoms with van der Waals surface area (Å²) in [5.74, 6) is -0.751. The third-order valence-electron chi connectivity index (χ3n) is 2.91. The highest BCUT2D eigenvalue weighted by atomic mass is 16.4. The molecule has 1 aromatic heterocycles. The zero-order chi connectivity index (χ0) is 13.7. The van der Waals surface area contributed by atoms with Crippen LogP contribution < -0.4 is 0 Å². The topological polar surface area (TPSA) is 68.0 Å². The fourth-order valence-electron chi connectivity index (χ4n) is 1.81. The van der Waals surface area contributed by atoms with E-state index < -0.39 is 5.97 Å². The van der Waals surface area contributed by atoms with Crippen molar-refractivity contribution in [2.45, 2.75) is 32.7 Å². The number of hydrogen-bond donors (Lipinski definition) is 1. The van der Waals surface area contributed by atoms with Crippen molar-refractivity contribution in [3.05, 3.63) is 36.0 Å². The van der Waals surface area contributed by atoms with Crippen LogP contribution in [0.3, 0.4) is 0 Å². The van der Waals surface area contributed by atoms with Crippen LogP contribution in [0.4, 0.5) is 0 Å². The second-order valence-electron chi connectivity index (χ2n) is 4.58. The van der Waals surface area contributed by atoms with E-state index in [9.17, 15) is 4.79 Å². The van der Waals surface area contributed by atoms with Crippen molar-refractivity contribution in [3.8, 4) is 11.3 Å². The van der Waals surface area contributed by atoms with Gasteiger partial charge in [0, 0.05) is 18.5 Å². The summed E-state index contributed by atoms with van der Waals surface area (Å²) in [5.41, 5.74) is 3.10. The number of unbranched alkanes of at least 4 members (excludes halogenated alkanes) is 1. The van der Waals surface area contributed by atoms with E-state index in [1.54, 1.807) is 4.68 Å². The lowest BCUT2D eigenvalue weighted by Crippen LogP contribution is -2.00. The van der Waals surface area contributed by atoms with Gasteiger partial charge >= 0.3 is 5.97 Å². The number of rotatable bonds is 6. The lowest BCUT2D eigenvalue weighted by Gasteiger charge is -1.98. The van der Waals surface area contributed by atoms with Crippen molar-refractivity contribution in [1.82, 2.24) is 15.0 Å². The Morgan fingerprint density at radius 2 is 2.00 bits per heavy atom. The predicted molar refractivity (Wildman–Crippen MR) is 71.7 cm³/mol. The Bertz CT molecular complexity index is 546. The van der Waals surface area contributed by atoms with Gasteiger partial charge < -0.3 is 5.11 Å². The molecular formula is C14H17N3O2. The lowest BCUT2D eigenvalue weighted by molar-refractivity contribution is -0.137. The van der Waals surface area contributed by atoms with E-state index in [1.807, 2.05) is 37.4 Å². The average Bonchev–Trinajstić information content (AvgIpc) is 2.84. The molecule has 2 rings (SSSR count). The highest BCUT2D eigenvalue weighted by Gasteiger charge is 2.04. The summed E-state index contributed by atoms with van der Waals surface area (Å²) in [6.07, 6.45) is 3.56. The van der Waals surface area contributed by atoms with Crippen LogP contribution in [0.2, 0.25) is 0 Å². The number of carboxylic acids is 1. The molecule has 100 valence electrons. The lowest BCUT2D eigenvalue weighted by atomic mass is 10.1. The summed E-state index contributed by atoms with van der Waals surface area (Å²) in [6.45, 7) is 2.75. The zero-order valence-corrected chi connectivity index (χ0v) is 10.9. The fourth-order valence-corrected chi connectivity index (χ4v) is 1.81. The first kappa shape index (κ1) is 13.3. The van der Waals surface area contributed by atoms with Gasteiger partial charge in [0.1, 0.15) is 5.69 Å². The molecule has 2 aromatic rings. The molecule has 0 bridgehead atoms. The maximum absolute atomic E-state index is 10.4. The Hall–Kier alpha value is -2.17. The van der Waals surface area contributed by atoms with E-state index >= 15 is 0 Å². The van der Waals surface area contributed by atoms with Crippen LogP contribution in [-0.2, 0) is 11.3 Å². The minimum Gasteiger partial charge on any atom is -0.481 e. The summed E-state index contributed by atoms with van der Waals surface area (Å²) in [7, 11) is 0. The minimum atomic E-state index is -0.751. The Morgan fingerprint density at radius 3 is 2.68 bits per heavy atom. The summed E-state index contributed by atoms with van der Waals surface area (Å²) < 4.78 is 1.76. The van der Waals surface area contributed by atoms with Crippen molar-refractivity contribution in [2.24, 2.45) is 0 Å². The Kier molecular flexibility index (Phi) is 4.28. The number of hydrogen-bond acceptors (Lipinski definition) is 3. The minimum absolute atomic E-state index is 0.208. The summed E-state index contributed by atoms with van der Waals surface area (Å²) in [5, 5.41) is 16.7. The van der Waals surface area contributed by atoms with Crippen LogP contribution in [-0.4, -0.2) is 26.1 Å². The van der Waals surface area contributed by atoms with Crippen LogP contribution in [0.25, 0.3) is 11.3 Å². The smallest absolute Gasteiger partial charge is 0.303 e. The standard InChI is InChI=1S/C14H17N3O2/c1-11-5-7-12(8-6-11)13-10-17(16-15-13)9-3-2-4-14(18)19/h5-8,10H,2-4,9H2,1H3,(H,18,19). The summed E-state index contributed by atoms with van der Waals surface area (Å²) in [4.78, 5) is 10.4. The van der Waals surface area contributed by atoms with Gasteiger partial charge in [-0.3, -0.25) is 9.48 Å². The highest BCUT2D eigenvalue weighted by Crippen LogP contribution is 2.16. The molecule has 5 heteroatoms. The molecule has 1 heterocycles. The Labute approximate surface area is 111 Å². The first-order valence-electron chi connectivity index (χ1n) is 6.34. The average molecular weight is 259 g/mol. The normalized spacial score (nSPS) is 10.6. The van der Waals surface area contributed by atoms with Crippen LogP contribution in [0.15, 0.2) is 30.5 Å². The fraction of sp³-hybridized carbons (Fsp3) is 0.357. The van der Waals surface area contributed by atoms with E-state index in [0.717, 1.165) is 17.7 Å². The maximum Gasteiger partial charge on any atom is 0.303 e. The number of aromatic nitrogens is 3. The quantitative estimate of drug-likeness (QED) is 0.809. The molecule has 0 amide bonds. The van der Waals surface area contributed by atoms with Gasteiger partial charge in [0.05, 0.1) is 6.20 Å². The molecule has 5 nitrogen and oxygen atoms in total. The van der Waals surface area contributed by atoms with Gasteiger partial charge in [0.15, 0.2) is 0 Å². The maximum atomic E-state index is 10.4. The van der Waals surface area contributed by atoms with E-state index in [-0.39, 0.29) is 6.42 Å². The number of aryl methyl sites for hydroxylation is 2. The Morgan fingerprint density at radius 1 is 1.26 bits per heavy atom. The van der Waals surface area contributed by atoms with Gasteiger partial charge in [0.25, 0.3) is 0 Å². The van der Waals surface area contributed by atoms with E-state index in [2.05, 4.69) is 10.3 Å². The van der Waals surface area contributed by atoms with Gasteiger partial charge in [-0.05, 0) is 19.8 Å². The molecule has 0 unspecified atom stereocenters. The van der Waals surface area contributed by atoms with Gasteiger partial charge in [0.2, 0.25) is 0 Å². The van der Waals surface area contributed by atoms with Crippen molar-refractivity contribution in [1.29, 1.82) is 0 Å². The van der Waals surface area contributed by atoms with Crippen molar-refractivity contribution in [3.63, 3.8) is 0 Å². The molecule has 0 aliphatic rings. The molecule has 0 aliphatic carbocycles. The van der Waals surface area contributed by atoms with Gasteiger partial charge in [-0.2, -0.15) is 0 Å². The number of carbonyl (C=O) groups is 1. The van der Waals surface area contributed by atoms with Crippen LogP contribution in [0.1, 0.15) is 24.8 Å². The largest absolute Gasteiger partial charge is 0.481 e. The Balaban J connectivity index is 1.91. The number of carboxylic acid groups (broad SMARTS) is 1.